The lowest BCUT2D eigenvalue weighted by Gasteiger charge is -2.25. The summed E-state index contributed by atoms with van der Waals surface area (Å²) in [5.74, 6) is 2.14. The van der Waals surface area contributed by atoms with Crippen LogP contribution in [0, 0.1) is 6.92 Å². The molecular formula is C26H31N5O3S. The van der Waals surface area contributed by atoms with Crippen molar-refractivity contribution < 1.29 is 14.3 Å². The van der Waals surface area contributed by atoms with Crippen molar-refractivity contribution in [2.24, 2.45) is 5.10 Å². The number of aromatic nitrogens is 3. The molecule has 0 atom stereocenters. The van der Waals surface area contributed by atoms with Crippen molar-refractivity contribution >= 4 is 23.9 Å². The van der Waals surface area contributed by atoms with E-state index >= 15 is 0 Å². The fourth-order valence-corrected chi connectivity index (χ4v) is 5.00. The minimum absolute atomic E-state index is 0.190. The molecule has 3 aromatic rings. The van der Waals surface area contributed by atoms with Gasteiger partial charge in [0.05, 0.1) is 26.2 Å². The van der Waals surface area contributed by atoms with Gasteiger partial charge in [-0.3, -0.25) is 9.36 Å². The maximum Gasteiger partial charge on any atom is 0.250 e. The Morgan fingerprint density at radius 1 is 1.11 bits per heavy atom. The molecule has 0 aliphatic heterocycles. The van der Waals surface area contributed by atoms with E-state index in [-0.39, 0.29) is 11.7 Å². The summed E-state index contributed by atoms with van der Waals surface area (Å²) in [4.78, 5) is 12.5. The van der Waals surface area contributed by atoms with Crippen LogP contribution in [0.4, 0.5) is 0 Å². The predicted molar refractivity (Wildman–Crippen MR) is 138 cm³/mol. The smallest absolute Gasteiger partial charge is 0.250 e. The third-order valence-corrected chi connectivity index (χ3v) is 7.02. The van der Waals surface area contributed by atoms with Crippen LogP contribution in [0.1, 0.15) is 49.3 Å². The first-order chi connectivity index (χ1) is 17.1. The van der Waals surface area contributed by atoms with Crippen LogP contribution in [0.15, 0.2) is 52.7 Å². The van der Waals surface area contributed by atoms with Crippen molar-refractivity contribution in [3.63, 3.8) is 0 Å². The standard InChI is InChI=1S/C26H31N5O3S/c1-18-9-11-19(12-10-18)25-29-30-26(31(25)21-7-5-4-6-8-21)35-17-24(32)28-27-16-20-13-14-22(33-2)15-23(20)34-3/h9-16,21H,4-8,17H2,1-3H3,(H,28,32)/b27-16+. The van der Waals surface area contributed by atoms with Gasteiger partial charge in [0, 0.05) is 23.2 Å². The Morgan fingerprint density at radius 3 is 2.60 bits per heavy atom. The molecule has 184 valence electrons. The molecule has 1 saturated carbocycles. The third kappa shape index (κ3) is 6.22. The summed E-state index contributed by atoms with van der Waals surface area (Å²) in [5.41, 5.74) is 5.58. The van der Waals surface area contributed by atoms with Gasteiger partial charge in [0.2, 0.25) is 0 Å². The lowest BCUT2D eigenvalue weighted by atomic mass is 9.95. The topological polar surface area (TPSA) is 90.6 Å². The van der Waals surface area contributed by atoms with Crippen LogP contribution in [0.25, 0.3) is 11.4 Å². The van der Waals surface area contributed by atoms with E-state index in [1.807, 2.05) is 12.1 Å². The fourth-order valence-electron chi connectivity index (χ4n) is 4.20. The number of thioether (sulfide) groups is 1. The van der Waals surface area contributed by atoms with E-state index in [9.17, 15) is 4.79 Å². The molecule has 0 radical (unpaired) electrons. The molecule has 1 fully saturated rings. The van der Waals surface area contributed by atoms with Gasteiger partial charge in [0.15, 0.2) is 11.0 Å². The van der Waals surface area contributed by atoms with E-state index in [0.29, 0.717) is 17.5 Å². The molecule has 1 aliphatic carbocycles. The molecule has 8 nitrogen and oxygen atoms in total. The highest BCUT2D eigenvalue weighted by Gasteiger charge is 2.24. The number of methoxy groups -OCH3 is 2. The number of rotatable bonds is 9. The van der Waals surface area contributed by atoms with E-state index in [2.05, 4.69) is 56.5 Å². The van der Waals surface area contributed by atoms with Crippen molar-refractivity contribution in [1.82, 2.24) is 20.2 Å². The maximum absolute atomic E-state index is 12.5. The van der Waals surface area contributed by atoms with Crippen molar-refractivity contribution in [2.75, 3.05) is 20.0 Å². The Balaban J connectivity index is 1.44. The highest BCUT2D eigenvalue weighted by molar-refractivity contribution is 7.99. The zero-order valence-electron chi connectivity index (χ0n) is 20.4. The molecule has 0 unspecified atom stereocenters. The minimum atomic E-state index is -0.214. The molecule has 0 saturated heterocycles. The number of nitrogens with zero attached hydrogens (tertiary/aromatic N) is 4. The minimum Gasteiger partial charge on any atom is -0.497 e. The van der Waals surface area contributed by atoms with Crippen molar-refractivity contribution in [3.8, 4) is 22.9 Å². The number of hydrogen-bond donors (Lipinski definition) is 1. The summed E-state index contributed by atoms with van der Waals surface area (Å²) in [7, 11) is 3.17. The van der Waals surface area contributed by atoms with Gasteiger partial charge in [-0.15, -0.1) is 10.2 Å². The van der Waals surface area contributed by atoms with Crippen molar-refractivity contribution in [3.05, 3.63) is 53.6 Å². The molecule has 1 aliphatic rings. The Hall–Kier alpha value is -3.33. The van der Waals surface area contributed by atoms with Gasteiger partial charge in [-0.05, 0) is 31.9 Å². The molecular weight excluding hydrogens is 462 g/mol. The van der Waals surface area contributed by atoms with Gasteiger partial charge in [-0.2, -0.15) is 5.10 Å². The largest absolute Gasteiger partial charge is 0.497 e. The maximum atomic E-state index is 12.5. The molecule has 35 heavy (non-hydrogen) atoms. The van der Waals surface area contributed by atoms with Gasteiger partial charge >= 0.3 is 0 Å². The number of hydrogen-bond acceptors (Lipinski definition) is 7. The van der Waals surface area contributed by atoms with Crippen LogP contribution in [-0.2, 0) is 4.79 Å². The SMILES string of the molecule is COc1ccc(/C=N/NC(=O)CSc2nnc(-c3ccc(C)cc3)n2C2CCCCC2)c(OC)c1. The van der Waals surface area contributed by atoms with Gasteiger partial charge in [0.25, 0.3) is 5.91 Å². The average molecular weight is 494 g/mol. The summed E-state index contributed by atoms with van der Waals surface area (Å²) in [6.45, 7) is 2.07. The molecule has 1 N–H and O–H groups in total. The highest BCUT2D eigenvalue weighted by Crippen LogP contribution is 2.35. The van der Waals surface area contributed by atoms with Gasteiger partial charge < -0.3 is 9.47 Å². The van der Waals surface area contributed by atoms with E-state index in [1.54, 1.807) is 26.5 Å². The number of hydrazone groups is 1. The van der Waals surface area contributed by atoms with E-state index < -0.39 is 0 Å². The second-order valence-electron chi connectivity index (χ2n) is 8.52. The molecule has 0 bridgehead atoms. The number of benzene rings is 2. The Morgan fingerprint density at radius 2 is 1.89 bits per heavy atom. The van der Waals surface area contributed by atoms with Crippen LogP contribution in [0.3, 0.4) is 0 Å². The van der Waals surface area contributed by atoms with Crippen molar-refractivity contribution in [2.45, 2.75) is 50.2 Å². The van der Waals surface area contributed by atoms with Crippen LogP contribution in [0.5, 0.6) is 11.5 Å². The van der Waals surface area contributed by atoms with Gasteiger partial charge in [-0.25, -0.2) is 5.43 Å². The van der Waals surface area contributed by atoms with E-state index in [0.717, 1.165) is 34.9 Å². The Labute approximate surface area is 210 Å². The molecule has 2 aromatic carbocycles. The fraction of sp³-hybridized carbons (Fsp3) is 0.385. The molecule has 1 heterocycles. The first-order valence-corrected chi connectivity index (χ1v) is 12.8. The highest BCUT2D eigenvalue weighted by atomic mass is 32.2. The average Bonchev–Trinajstić information content (AvgIpc) is 3.32. The summed E-state index contributed by atoms with van der Waals surface area (Å²) < 4.78 is 12.8. The van der Waals surface area contributed by atoms with Crippen LogP contribution >= 0.6 is 11.8 Å². The molecule has 0 spiro atoms. The predicted octanol–water partition coefficient (Wildman–Crippen LogP) is 5.02. The summed E-state index contributed by atoms with van der Waals surface area (Å²) in [5, 5.41) is 13.8. The zero-order chi connectivity index (χ0) is 24.6. The lowest BCUT2D eigenvalue weighted by Crippen LogP contribution is -2.20. The van der Waals surface area contributed by atoms with Crippen LogP contribution < -0.4 is 14.9 Å². The Kier molecular flexibility index (Phi) is 8.41. The number of amides is 1. The molecule has 4 rings (SSSR count). The van der Waals surface area contributed by atoms with E-state index in [1.165, 1.54) is 36.6 Å². The van der Waals surface area contributed by atoms with Crippen molar-refractivity contribution in [1.29, 1.82) is 0 Å². The lowest BCUT2D eigenvalue weighted by molar-refractivity contribution is -0.118. The zero-order valence-corrected chi connectivity index (χ0v) is 21.2. The Bertz CT molecular complexity index is 1170. The third-order valence-electron chi connectivity index (χ3n) is 6.08. The first-order valence-electron chi connectivity index (χ1n) is 11.8. The number of ether oxygens (including phenoxy) is 2. The molecule has 1 amide bonds. The molecule has 1 aromatic heterocycles. The summed E-state index contributed by atoms with van der Waals surface area (Å²) in [6, 6.07) is 14.1. The number of carbonyl (C=O) groups is 1. The van der Waals surface area contributed by atoms with Gasteiger partial charge in [0.1, 0.15) is 11.5 Å². The second kappa shape index (κ2) is 11.9. The number of carbonyl (C=O) groups excluding carboxylic acids is 1. The summed E-state index contributed by atoms with van der Waals surface area (Å²) >= 11 is 1.39. The number of aryl methyl sites for hydroxylation is 1. The first kappa shape index (κ1) is 24.8. The monoisotopic (exact) mass is 493 g/mol. The quantitative estimate of drug-likeness (QED) is 0.256. The van der Waals surface area contributed by atoms with Crippen LogP contribution in [0.2, 0.25) is 0 Å². The normalized spacial score (nSPS) is 14.3. The van der Waals surface area contributed by atoms with Crippen LogP contribution in [-0.4, -0.2) is 46.9 Å². The number of nitrogens with one attached hydrogen (secondary N) is 1. The molecule has 9 heteroatoms. The summed E-state index contributed by atoms with van der Waals surface area (Å²) in [6.07, 6.45) is 7.42. The van der Waals surface area contributed by atoms with Gasteiger partial charge in [-0.1, -0.05) is 60.9 Å². The van der Waals surface area contributed by atoms with E-state index in [4.69, 9.17) is 9.47 Å². The second-order valence-corrected chi connectivity index (χ2v) is 9.47.